The summed E-state index contributed by atoms with van der Waals surface area (Å²) >= 11 is 1.62. The van der Waals surface area contributed by atoms with Crippen molar-refractivity contribution in [3.05, 3.63) is 52.0 Å². The minimum Gasteiger partial charge on any atom is -0.487 e. The molecule has 5 nitrogen and oxygen atoms in total. The quantitative estimate of drug-likeness (QED) is 0.835. The average Bonchev–Trinajstić information content (AvgIpc) is 3.04. The number of aromatic nitrogens is 1. The van der Waals surface area contributed by atoms with Crippen molar-refractivity contribution < 1.29 is 9.53 Å². The molecule has 2 heterocycles. The molecule has 2 N–H and O–H groups in total. The number of aryl methyl sites for hydroxylation is 1. The number of hydrogen-bond acceptors (Lipinski definition) is 5. The molecule has 1 saturated heterocycles. The second-order valence-corrected chi connectivity index (χ2v) is 7.30. The fraction of sp³-hybridized carbons (Fsp3) is 0.368. The summed E-state index contributed by atoms with van der Waals surface area (Å²) in [6, 6.07) is 7.78. The summed E-state index contributed by atoms with van der Waals surface area (Å²) in [5, 5.41) is 3.04. The molecule has 1 fully saturated rings. The van der Waals surface area contributed by atoms with Gasteiger partial charge in [0.2, 0.25) is 5.91 Å². The van der Waals surface area contributed by atoms with Crippen LogP contribution in [0.2, 0.25) is 0 Å². The second kappa shape index (κ2) is 8.27. The van der Waals surface area contributed by atoms with E-state index in [4.69, 9.17) is 10.5 Å². The minimum absolute atomic E-state index is 0.0226. The number of rotatable bonds is 5. The zero-order valence-corrected chi connectivity index (χ0v) is 15.2. The van der Waals surface area contributed by atoms with E-state index in [1.807, 2.05) is 47.5 Å². The summed E-state index contributed by atoms with van der Waals surface area (Å²) < 4.78 is 5.72. The molecule has 0 aliphatic carbocycles. The van der Waals surface area contributed by atoms with Crippen LogP contribution in [0, 0.1) is 6.92 Å². The molecule has 0 saturated carbocycles. The maximum Gasteiger partial charge on any atom is 0.246 e. The fourth-order valence-corrected chi connectivity index (χ4v) is 3.39. The minimum atomic E-state index is 0.0226. The Morgan fingerprint density at radius 1 is 1.44 bits per heavy atom. The van der Waals surface area contributed by atoms with Crippen LogP contribution in [0.1, 0.15) is 29.1 Å². The number of nitrogens with zero attached hydrogens (tertiary/aromatic N) is 2. The lowest BCUT2D eigenvalue weighted by molar-refractivity contribution is -0.127. The Labute approximate surface area is 152 Å². The number of piperidine rings is 1. The van der Waals surface area contributed by atoms with Crippen LogP contribution in [0.25, 0.3) is 6.08 Å². The first-order chi connectivity index (χ1) is 12.1. The molecule has 1 aliphatic rings. The van der Waals surface area contributed by atoms with E-state index in [2.05, 4.69) is 4.98 Å². The topological polar surface area (TPSA) is 68.5 Å². The van der Waals surface area contributed by atoms with E-state index in [9.17, 15) is 4.79 Å². The van der Waals surface area contributed by atoms with Crippen molar-refractivity contribution in [3.63, 3.8) is 0 Å². The summed E-state index contributed by atoms with van der Waals surface area (Å²) in [4.78, 5) is 18.4. The van der Waals surface area contributed by atoms with E-state index in [-0.39, 0.29) is 11.9 Å². The van der Waals surface area contributed by atoms with Gasteiger partial charge in [0.1, 0.15) is 12.4 Å². The normalized spacial score (nSPS) is 17.8. The standard InChI is InChI=1S/C19H23N3O2S/c1-14-21-17(13-25-14)12-24-18-7-4-15(5-8-18)6-9-19(23)22-10-2-3-16(20)11-22/h4-9,13,16H,2-3,10-12,20H2,1H3. The summed E-state index contributed by atoms with van der Waals surface area (Å²) in [6.45, 7) is 3.88. The molecular weight excluding hydrogens is 334 g/mol. The SMILES string of the molecule is Cc1nc(COc2ccc(C=CC(=O)N3CCCC(N)C3)cc2)cs1. The highest BCUT2D eigenvalue weighted by Gasteiger charge is 2.19. The third-order valence-electron chi connectivity index (χ3n) is 4.12. The van der Waals surface area contributed by atoms with Gasteiger partial charge in [0.05, 0.1) is 10.7 Å². The van der Waals surface area contributed by atoms with Crippen molar-refractivity contribution in [2.75, 3.05) is 13.1 Å². The fourth-order valence-electron chi connectivity index (χ4n) is 2.79. The highest BCUT2D eigenvalue weighted by atomic mass is 32.1. The lowest BCUT2D eigenvalue weighted by Gasteiger charge is -2.29. The Bertz CT molecular complexity index is 739. The molecule has 132 valence electrons. The van der Waals surface area contributed by atoms with Crippen LogP contribution < -0.4 is 10.5 Å². The number of likely N-dealkylation sites (tertiary alicyclic amines) is 1. The number of amides is 1. The first kappa shape index (κ1) is 17.6. The van der Waals surface area contributed by atoms with Crippen molar-refractivity contribution in [3.8, 4) is 5.75 Å². The number of carbonyl (C=O) groups is 1. The highest BCUT2D eigenvalue weighted by Crippen LogP contribution is 2.16. The number of carbonyl (C=O) groups excluding carboxylic acids is 1. The van der Waals surface area contributed by atoms with Crippen LogP contribution in [-0.2, 0) is 11.4 Å². The molecule has 6 heteroatoms. The van der Waals surface area contributed by atoms with Gasteiger partial charge < -0.3 is 15.4 Å². The van der Waals surface area contributed by atoms with Crippen molar-refractivity contribution in [2.45, 2.75) is 32.4 Å². The lowest BCUT2D eigenvalue weighted by atomic mass is 10.1. The number of hydrogen-bond donors (Lipinski definition) is 1. The Hall–Kier alpha value is -2.18. The van der Waals surface area contributed by atoms with Gasteiger partial charge in [0.15, 0.2) is 0 Å². The Kier molecular flexibility index (Phi) is 5.83. The molecule has 1 aromatic heterocycles. The number of ether oxygens (including phenoxy) is 1. The zero-order valence-electron chi connectivity index (χ0n) is 14.4. The monoisotopic (exact) mass is 357 g/mol. The smallest absolute Gasteiger partial charge is 0.246 e. The molecule has 0 bridgehead atoms. The molecule has 0 radical (unpaired) electrons. The van der Waals surface area contributed by atoms with Crippen molar-refractivity contribution in [2.24, 2.45) is 5.73 Å². The summed E-state index contributed by atoms with van der Waals surface area (Å²) in [5.41, 5.74) is 7.83. The molecule has 0 spiro atoms. The van der Waals surface area contributed by atoms with Crippen LogP contribution in [0.15, 0.2) is 35.7 Å². The van der Waals surface area contributed by atoms with E-state index in [1.54, 1.807) is 17.4 Å². The van der Waals surface area contributed by atoms with Gasteiger partial charge in [0.25, 0.3) is 0 Å². The van der Waals surface area contributed by atoms with E-state index in [1.165, 1.54) is 0 Å². The van der Waals surface area contributed by atoms with Crippen LogP contribution in [0.4, 0.5) is 0 Å². The second-order valence-electron chi connectivity index (χ2n) is 6.24. The van der Waals surface area contributed by atoms with Crippen molar-refractivity contribution in [1.82, 2.24) is 9.88 Å². The molecule has 2 aromatic rings. The van der Waals surface area contributed by atoms with Crippen LogP contribution in [-0.4, -0.2) is 34.9 Å². The van der Waals surface area contributed by atoms with Gasteiger partial charge in [-0.2, -0.15) is 0 Å². The number of thiazole rings is 1. The van der Waals surface area contributed by atoms with Gasteiger partial charge in [-0.15, -0.1) is 11.3 Å². The maximum absolute atomic E-state index is 12.2. The van der Waals surface area contributed by atoms with E-state index >= 15 is 0 Å². The van der Waals surface area contributed by atoms with Gasteiger partial charge >= 0.3 is 0 Å². The Morgan fingerprint density at radius 3 is 2.92 bits per heavy atom. The largest absolute Gasteiger partial charge is 0.487 e. The van der Waals surface area contributed by atoms with E-state index in [0.29, 0.717) is 13.2 Å². The Morgan fingerprint density at radius 2 is 2.24 bits per heavy atom. The predicted molar refractivity (Wildman–Crippen MR) is 100 cm³/mol. The predicted octanol–water partition coefficient (Wildman–Crippen LogP) is 2.99. The summed E-state index contributed by atoms with van der Waals surface area (Å²) in [6.07, 6.45) is 5.42. The third-order valence-corrected chi connectivity index (χ3v) is 4.94. The maximum atomic E-state index is 12.2. The van der Waals surface area contributed by atoms with Gasteiger partial charge in [-0.05, 0) is 43.5 Å². The van der Waals surface area contributed by atoms with E-state index < -0.39 is 0 Å². The lowest BCUT2D eigenvalue weighted by Crippen LogP contribution is -2.45. The van der Waals surface area contributed by atoms with Gasteiger partial charge in [0, 0.05) is 30.6 Å². The van der Waals surface area contributed by atoms with Crippen LogP contribution in [0.5, 0.6) is 5.75 Å². The summed E-state index contributed by atoms with van der Waals surface area (Å²) in [5.74, 6) is 0.811. The average molecular weight is 357 g/mol. The van der Waals surface area contributed by atoms with Crippen molar-refractivity contribution >= 4 is 23.3 Å². The zero-order chi connectivity index (χ0) is 17.6. The summed E-state index contributed by atoms with van der Waals surface area (Å²) in [7, 11) is 0. The molecule has 3 rings (SSSR count). The highest BCUT2D eigenvalue weighted by molar-refractivity contribution is 7.09. The first-order valence-electron chi connectivity index (χ1n) is 8.46. The van der Waals surface area contributed by atoms with Gasteiger partial charge in [-0.3, -0.25) is 4.79 Å². The van der Waals surface area contributed by atoms with Crippen molar-refractivity contribution in [1.29, 1.82) is 0 Å². The molecule has 1 amide bonds. The molecular formula is C19H23N3O2S. The van der Waals surface area contributed by atoms with E-state index in [0.717, 1.165) is 41.4 Å². The number of nitrogens with two attached hydrogens (primary N) is 1. The molecule has 1 atom stereocenters. The van der Waals surface area contributed by atoms with Crippen LogP contribution in [0.3, 0.4) is 0 Å². The van der Waals surface area contributed by atoms with Gasteiger partial charge in [-0.1, -0.05) is 12.1 Å². The number of benzene rings is 1. The Balaban J connectivity index is 1.52. The molecule has 1 aromatic carbocycles. The van der Waals surface area contributed by atoms with Gasteiger partial charge in [-0.25, -0.2) is 4.98 Å². The third kappa shape index (κ3) is 5.14. The van der Waals surface area contributed by atoms with Crippen LogP contribution >= 0.6 is 11.3 Å². The first-order valence-corrected chi connectivity index (χ1v) is 9.34. The molecule has 1 unspecified atom stereocenters. The molecule has 25 heavy (non-hydrogen) atoms. The molecule has 1 aliphatic heterocycles.